The highest BCUT2D eigenvalue weighted by Gasteiger charge is 2.26. The van der Waals surface area contributed by atoms with E-state index in [0.29, 0.717) is 5.02 Å². The second-order valence-electron chi connectivity index (χ2n) is 6.50. The Morgan fingerprint density at radius 1 is 1.17 bits per heavy atom. The van der Waals surface area contributed by atoms with Gasteiger partial charge in [-0.2, -0.15) is 0 Å². The van der Waals surface area contributed by atoms with Crippen molar-refractivity contribution in [2.75, 3.05) is 5.73 Å². The van der Waals surface area contributed by atoms with Gasteiger partial charge in [0.15, 0.2) is 5.65 Å². The lowest BCUT2D eigenvalue weighted by Gasteiger charge is -2.16. The third-order valence-electron chi connectivity index (χ3n) is 4.65. The third kappa shape index (κ3) is 3.46. The van der Waals surface area contributed by atoms with Crippen molar-refractivity contribution in [1.82, 2.24) is 18.8 Å². The van der Waals surface area contributed by atoms with Gasteiger partial charge in [0, 0.05) is 19.1 Å². The molecule has 0 aliphatic heterocycles. The molecule has 0 atom stereocenters. The third-order valence-corrected chi connectivity index (χ3v) is 6.25. The van der Waals surface area contributed by atoms with Crippen molar-refractivity contribution in [2.45, 2.75) is 18.2 Å². The molecule has 0 aliphatic rings. The zero-order valence-electron chi connectivity index (χ0n) is 16.3. The van der Waals surface area contributed by atoms with Gasteiger partial charge in [0.2, 0.25) is 0 Å². The minimum absolute atomic E-state index is 0.00885. The van der Waals surface area contributed by atoms with Crippen LogP contribution >= 0.6 is 11.6 Å². The van der Waals surface area contributed by atoms with Crippen LogP contribution in [0.3, 0.4) is 0 Å². The highest BCUT2D eigenvalue weighted by molar-refractivity contribution is 7.90. The maximum Gasteiger partial charge on any atom is 0.332 e. The van der Waals surface area contributed by atoms with Crippen LogP contribution in [0.15, 0.2) is 38.8 Å². The number of hydrogen-bond acceptors (Lipinski definition) is 7. The second kappa shape index (κ2) is 7.58. The van der Waals surface area contributed by atoms with Crippen LogP contribution in [0.25, 0.3) is 11.0 Å². The Kier molecular flexibility index (Phi) is 5.44. The van der Waals surface area contributed by atoms with Crippen molar-refractivity contribution >= 4 is 44.4 Å². The van der Waals surface area contributed by atoms with Gasteiger partial charge < -0.3 is 5.73 Å². The molecule has 2 heterocycles. The summed E-state index contributed by atoms with van der Waals surface area (Å²) in [4.78, 5) is 41.6. The molecule has 12 heteroatoms. The molecule has 0 bridgehead atoms. The summed E-state index contributed by atoms with van der Waals surface area (Å²) in [7, 11) is -1.52. The van der Waals surface area contributed by atoms with Gasteiger partial charge in [0.05, 0.1) is 15.8 Å². The number of amides is 1. The van der Waals surface area contributed by atoms with Crippen LogP contribution in [0.1, 0.15) is 22.8 Å². The lowest BCUT2D eigenvalue weighted by Crippen LogP contribution is -2.39. The molecule has 1 amide bonds. The van der Waals surface area contributed by atoms with Crippen molar-refractivity contribution in [1.29, 1.82) is 0 Å². The highest BCUT2D eigenvalue weighted by Crippen LogP contribution is 2.23. The lowest BCUT2D eigenvalue weighted by molar-refractivity contribution is 0.0981. The number of aromatic nitrogens is 3. The van der Waals surface area contributed by atoms with E-state index in [2.05, 4.69) is 4.98 Å². The first-order valence-electron chi connectivity index (χ1n) is 8.70. The summed E-state index contributed by atoms with van der Waals surface area (Å²) in [5.74, 6) is -1.34. The Hall–Kier alpha value is -3.18. The summed E-state index contributed by atoms with van der Waals surface area (Å²) in [6.45, 7) is 1.67. The van der Waals surface area contributed by atoms with Crippen molar-refractivity contribution in [3.05, 3.63) is 61.3 Å². The first-order chi connectivity index (χ1) is 14.0. The molecule has 0 fully saturated rings. The minimum atomic E-state index is -4.23. The van der Waals surface area contributed by atoms with E-state index in [-0.39, 0.29) is 39.3 Å². The molecule has 158 valence electrons. The topological polar surface area (TPSA) is 146 Å². The van der Waals surface area contributed by atoms with Crippen LogP contribution in [0.4, 0.5) is 5.82 Å². The van der Waals surface area contributed by atoms with Crippen LogP contribution in [0.2, 0.25) is 5.02 Å². The predicted molar refractivity (Wildman–Crippen MR) is 112 cm³/mol. The first-order valence-corrected chi connectivity index (χ1v) is 10.6. The fourth-order valence-corrected chi connectivity index (χ4v) is 4.22. The van der Waals surface area contributed by atoms with E-state index in [1.54, 1.807) is 6.92 Å². The smallest absolute Gasteiger partial charge is 0.332 e. The average molecular weight is 452 g/mol. The van der Waals surface area contributed by atoms with E-state index in [9.17, 15) is 22.8 Å². The summed E-state index contributed by atoms with van der Waals surface area (Å²) in [5, 5.41) is 0.350. The van der Waals surface area contributed by atoms with Gasteiger partial charge in [-0.1, -0.05) is 18.5 Å². The fourth-order valence-electron chi connectivity index (χ4n) is 3.13. The fraction of sp³-hybridized carbons (Fsp3) is 0.222. The number of benzene rings is 1. The second-order valence-corrected chi connectivity index (χ2v) is 8.62. The molecule has 0 aliphatic carbocycles. The zero-order valence-corrected chi connectivity index (χ0v) is 17.8. The number of anilines is 1. The van der Waals surface area contributed by atoms with Crippen molar-refractivity contribution in [2.24, 2.45) is 14.1 Å². The number of carbonyl (C=O) groups excluding carboxylic acids is 1. The maximum atomic E-state index is 12.9. The molecule has 3 aromatic rings. The molecule has 0 saturated heterocycles. The minimum Gasteiger partial charge on any atom is -0.383 e. The van der Waals surface area contributed by atoms with Gasteiger partial charge in [-0.05, 0) is 36.2 Å². The normalized spacial score (nSPS) is 11.6. The van der Waals surface area contributed by atoms with Gasteiger partial charge in [0.1, 0.15) is 5.82 Å². The van der Waals surface area contributed by atoms with Gasteiger partial charge in [-0.3, -0.25) is 18.7 Å². The van der Waals surface area contributed by atoms with Gasteiger partial charge in [-0.15, -0.1) is 0 Å². The SMILES string of the molecule is CCc1c(C(=O)NS(=O)(=O)c2ccc(Cl)cc2)c(N)nc2c1c(=O)n(C)c(=O)n2C. The van der Waals surface area contributed by atoms with E-state index < -0.39 is 27.2 Å². The molecule has 3 N–H and O–H groups in total. The molecular weight excluding hydrogens is 434 g/mol. The summed E-state index contributed by atoms with van der Waals surface area (Å²) < 4.78 is 29.1. The van der Waals surface area contributed by atoms with E-state index in [1.165, 1.54) is 38.4 Å². The van der Waals surface area contributed by atoms with Crippen LogP contribution in [-0.2, 0) is 30.5 Å². The number of nitrogens with two attached hydrogens (primary N) is 1. The average Bonchev–Trinajstić information content (AvgIpc) is 2.69. The number of aryl methyl sites for hydroxylation is 2. The largest absolute Gasteiger partial charge is 0.383 e. The van der Waals surface area contributed by atoms with Crippen LogP contribution in [0, 0.1) is 0 Å². The number of hydrogen-bond donors (Lipinski definition) is 2. The van der Waals surface area contributed by atoms with Gasteiger partial charge in [0.25, 0.3) is 21.5 Å². The van der Waals surface area contributed by atoms with Gasteiger partial charge >= 0.3 is 5.69 Å². The van der Waals surface area contributed by atoms with Crippen LogP contribution in [0.5, 0.6) is 0 Å². The number of halogens is 1. The van der Waals surface area contributed by atoms with E-state index in [4.69, 9.17) is 17.3 Å². The molecule has 0 radical (unpaired) electrons. The molecule has 3 rings (SSSR count). The Balaban J connectivity index is 2.22. The Labute approximate surface area is 176 Å². The van der Waals surface area contributed by atoms with Gasteiger partial charge in [-0.25, -0.2) is 22.9 Å². The molecule has 2 aromatic heterocycles. The standard InChI is InChI=1S/C18H18ClN5O5S/c1-4-11-12(16(25)22-30(28,29)10-7-5-9(19)6-8-10)14(20)21-15-13(11)17(26)24(3)18(27)23(15)2/h5-8H,4H2,1-3H3,(H2,20,21)(H,22,25). The molecule has 0 saturated carbocycles. The van der Waals surface area contributed by atoms with Crippen LogP contribution < -0.4 is 21.7 Å². The lowest BCUT2D eigenvalue weighted by atomic mass is 10.0. The number of pyridine rings is 1. The quantitative estimate of drug-likeness (QED) is 0.588. The number of fused-ring (bicyclic) bond motifs is 1. The number of nitrogens with one attached hydrogen (secondary N) is 1. The number of nitrogens with zero attached hydrogens (tertiary/aromatic N) is 3. The molecule has 1 aromatic carbocycles. The van der Waals surface area contributed by atoms with E-state index in [1.807, 2.05) is 4.72 Å². The molecule has 0 spiro atoms. The first kappa shape index (κ1) is 21.5. The van der Waals surface area contributed by atoms with E-state index >= 15 is 0 Å². The number of carbonyl (C=O) groups is 1. The number of sulfonamides is 1. The maximum absolute atomic E-state index is 12.9. The van der Waals surface area contributed by atoms with Crippen molar-refractivity contribution in [3.8, 4) is 0 Å². The predicted octanol–water partition coefficient (Wildman–Crippen LogP) is 0.549. The molecular formula is C18H18ClN5O5S. The number of rotatable bonds is 4. The van der Waals surface area contributed by atoms with E-state index in [0.717, 1.165) is 9.13 Å². The number of nitrogen functional groups attached to an aromatic ring is 1. The summed E-state index contributed by atoms with van der Waals surface area (Å²) in [6, 6.07) is 5.22. The van der Waals surface area contributed by atoms with Crippen molar-refractivity contribution in [3.63, 3.8) is 0 Å². The molecule has 10 nitrogen and oxygen atoms in total. The van der Waals surface area contributed by atoms with Crippen molar-refractivity contribution < 1.29 is 13.2 Å². The zero-order chi connectivity index (χ0) is 22.4. The molecule has 0 unspecified atom stereocenters. The summed E-state index contributed by atoms with van der Waals surface area (Å²) in [5.41, 5.74) is 4.64. The Morgan fingerprint density at radius 3 is 2.33 bits per heavy atom. The Morgan fingerprint density at radius 2 is 1.77 bits per heavy atom. The summed E-state index contributed by atoms with van der Waals surface area (Å²) >= 11 is 5.77. The summed E-state index contributed by atoms with van der Waals surface area (Å²) in [6.07, 6.45) is 0.167. The Bertz CT molecular complexity index is 1410. The van der Waals surface area contributed by atoms with Crippen LogP contribution in [-0.4, -0.2) is 28.4 Å². The monoisotopic (exact) mass is 451 g/mol. The molecule has 30 heavy (non-hydrogen) atoms. The highest BCUT2D eigenvalue weighted by atomic mass is 35.5.